The standard InChI is InChI=1S/C22H29N5O2S.HI/c1-23-22(25-17-9-13-26(14-10-17)21-8-4-15-30-21)24-11-5-12-27-18-6-2-3-7-19(18)29-16-20(27)28;/h2-4,6-8,15,17H,5,9-14,16H2,1H3,(H2,23,24,25);1H. The number of amides is 1. The van der Waals surface area contributed by atoms with Crippen molar-refractivity contribution in [3.8, 4) is 5.75 Å². The fourth-order valence-electron chi connectivity index (χ4n) is 3.93. The van der Waals surface area contributed by atoms with E-state index < -0.39 is 0 Å². The van der Waals surface area contributed by atoms with E-state index >= 15 is 0 Å². The maximum Gasteiger partial charge on any atom is 0.265 e. The highest BCUT2D eigenvalue weighted by molar-refractivity contribution is 14.0. The first kappa shape index (κ1) is 23.6. The minimum atomic E-state index is 0. The van der Waals surface area contributed by atoms with Crippen LogP contribution in [0.3, 0.4) is 0 Å². The molecule has 0 spiro atoms. The predicted molar refractivity (Wildman–Crippen MR) is 138 cm³/mol. The van der Waals surface area contributed by atoms with E-state index in [2.05, 4.69) is 38.0 Å². The molecule has 2 aliphatic rings. The minimum absolute atomic E-state index is 0. The summed E-state index contributed by atoms with van der Waals surface area (Å²) in [5.74, 6) is 1.61. The Hall–Kier alpha value is -2.01. The number of aliphatic imine (C=N–C) groups is 1. The van der Waals surface area contributed by atoms with Crippen LogP contribution in [-0.2, 0) is 4.79 Å². The number of halogens is 1. The summed E-state index contributed by atoms with van der Waals surface area (Å²) in [7, 11) is 1.80. The molecule has 0 atom stereocenters. The molecular formula is C22H30IN5O2S. The molecule has 31 heavy (non-hydrogen) atoms. The molecule has 0 radical (unpaired) electrons. The lowest BCUT2D eigenvalue weighted by atomic mass is 10.1. The van der Waals surface area contributed by atoms with E-state index in [0.29, 0.717) is 12.6 Å². The molecule has 9 heteroatoms. The lowest BCUT2D eigenvalue weighted by molar-refractivity contribution is -0.121. The van der Waals surface area contributed by atoms with Crippen LogP contribution in [0.15, 0.2) is 46.8 Å². The van der Waals surface area contributed by atoms with Gasteiger partial charge in [-0.1, -0.05) is 12.1 Å². The number of guanidine groups is 1. The van der Waals surface area contributed by atoms with Crippen molar-refractivity contribution in [3.63, 3.8) is 0 Å². The van der Waals surface area contributed by atoms with Gasteiger partial charge < -0.3 is 25.2 Å². The van der Waals surface area contributed by atoms with Gasteiger partial charge in [0.15, 0.2) is 12.6 Å². The Morgan fingerprint density at radius 3 is 2.77 bits per heavy atom. The third kappa shape index (κ3) is 6.03. The zero-order valence-electron chi connectivity index (χ0n) is 17.8. The highest BCUT2D eigenvalue weighted by Gasteiger charge is 2.24. The largest absolute Gasteiger partial charge is 0.482 e. The molecule has 1 amide bonds. The Kier molecular flexibility index (Phi) is 8.82. The number of nitrogens with one attached hydrogen (secondary N) is 2. The van der Waals surface area contributed by atoms with Crippen LogP contribution < -0.4 is 25.2 Å². The quantitative estimate of drug-likeness (QED) is 0.248. The lowest BCUT2D eigenvalue weighted by Gasteiger charge is -2.33. The van der Waals surface area contributed by atoms with E-state index in [-0.39, 0.29) is 36.5 Å². The van der Waals surface area contributed by atoms with E-state index in [1.54, 1.807) is 18.4 Å². The molecule has 0 bridgehead atoms. The summed E-state index contributed by atoms with van der Waals surface area (Å²) in [5, 5.41) is 10.4. The van der Waals surface area contributed by atoms with Crippen LogP contribution in [0.1, 0.15) is 19.3 Å². The third-order valence-corrected chi connectivity index (χ3v) is 6.47. The number of carbonyl (C=O) groups excluding carboxylic acids is 1. The molecule has 1 aromatic carbocycles. The topological polar surface area (TPSA) is 69.2 Å². The van der Waals surface area contributed by atoms with Crippen molar-refractivity contribution in [2.45, 2.75) is 25.3 Å². The Morgan fingerprint density at radius 1 is 1.23 bits per heavy atom. The number of hydrogen-bond donors (Lipinski definition) is 2. The van der Waals surface area contributed by atoms with Crippen LogP contribution in [-0.4, -0.2) is 57.7 Å². The van der Waals surface area contributed by atoms with Crippen LogP contribution in [0.25, 0.3) is 0 Å². The normalized spacial score (nSPS) is 16.9. The van der Waals surface area contributed by atoms with Crippen molar-refractivity contribution in [2.24, 2.45) is 4.99 Å². The lowest BCUT2D eigenvalue weighted by Crippen LogP contribution is -2.49. The number of anilines is 2. The first-order valence-electron chi connectivity index (χ1n) is 10.5. The summed E-state index contributed by atoms with van der Waals surface area (Å²) in [6.07, 6.45) is 3.02. The Bertz CT molecular complexity index is 869. The van der Waals surface area contributed by atoms with Crippen LogP contribution in [0, 0.1) is 0 Å². The molecule has 2 aromatic rings. The number of para-hydroxylation sites is 2. The summed E-state index contributed by atoms with van der Waals surface area (Å²) >= 11 is 1.80. The van der Waals surface area contributed by atoms with Crippen molar-refractivity contribution in [1.82, 2.24) is 10.6 Å². The third-order valence-electron chi connectivity index (χ3n) is 5.54. The Labute approximate surface area is 204 Å². The second-order valence-electron chi connectivity index (χ2n) is 7.51. The summed E-state index contributed by atoms with van der Waals surface area (Å²) in [4.78, 5) is 20.9. The van der Waals surface area contributed by atoms with Gasteiger partial charge in [0.25, 0.3) is 5.91 Å². The molecule has 0 unspecified atom stereocenters. The number of nitrogens with zero attached hydrogens (tertiary/aromatic N) is 3. The summed E-state index contributed by atoms with van der Waals surface area (Å²) in [6.45, 7) is 3.64. The molecule has 2 N–H and O–H groups in total. The zero-order chi connectivity index (χ0) is 20.8. The predicted octanol–water partition coefficient (Wildman–Crippen LogP) is 3.32. The molecule has 0 saturated carbocycles. The number of carbonyl (C=O) groups is 1. The fourth-order valence-corrected chi connectivity index (χ4v) is 4.71. The number of ether oxygens (including phenoxy) is 1. The smallest absolute Gasteiger partial charge is 0.265 e. The van der Waals surface area contributed by atoms with Gasteiger partial charge in [-0.15, -0.1) is 35.3 Å². The van der Waals surface area contributed by atoms with E-state index in [1.807, 2.05) is 29.2 Å². The zero-order valence-corrected chi connectivity index (χ0v) is 20.9. The van der Waals surface area contributed by atoms with Gasteiger partial charge in [0.1, 0.15) is 5.75 Å². The average molecular weight is 555 g/mol. The second kappa shape index (κ2) is 11.6. The number of rotatable bonds is 6. The second-order valence-corrected chi connectivity index (χ2v) is 8.44. The summed E-state index contributed by atoms with van der Waals surface area (Å²) in [6, 6.07) is 12.4. The highest BCUT2D eigenvalue weighted by Crippen LogP contribution is 2.31. The van der Waals surface area contributed by atoms with Gasteiger partial charge >= 0.3 is 0 Å². The van der Waals surface area contributed by atoms with Gasteiger partial charge in [0.05, 0.1) is 10.7 Å². The van der Waals surface area contributed by atoms with E-state index in [0.717, 1.165) is 56.3 Å². The van der Waals surface area contributed by atoms with E-state index in [4.69, 9.17) is 4.74 Å². The monoisotopic (exact) mass is 555 g/mol. The molecule has 2 aliphatic heterocycles. The van der Waals surface area contributed by atoms with Gasteiger partial charge in [-0.05, 0) is 48.9 Å². The SMILES string of the molecule is CN=C(NCCCN1C(=O)COc2ccccc21)NC1CCN(c2cccs2)CC1.I. The molecule has 3 heterocycles. The molecule has 168 valence electrons. The average Bonchev–Trinajstić information content (AvgIpc) is 3.32. The first-order valence-corrected chi connectivity index (χ1v) is 11.4. The van der Waals surface area contributed by atoms with Gasteiger partial charge in [-0.2, -0.15) is 0 Å². The number of hydrogen-bond acceptors (Lipinski definition) is 5. The number of thiophene rings is 1. The fraction of sp³-hybridized carbons (Fsp3) is 0.455. The Balaban J connectivity index is 0.00000272. The maximum atomic E-state index is 12.3. The Morgan fingerprint density at radius 2 is 2.03 bits per heavy atom. The van der Waals surface area contributed by atoms with Crippen molar-refractivity contribution < 1.29 is 9.53 Å². The summed E-state index contributed by atoms with van der Waals surface area (Å²) in [5.41, 5.74) is 0.855. The highest BCUT2D eigenvalue weighted by atomic mass is 127. The number of fused-ring (bicyclic) bond motifs is 1. The molecule has 7 nitrogen and oxygen atoms in total. The number of benzene rings is 1. The first-order chi connectivity index (χ1) is 14.7. The molecule has 4 rings (SSSR count). The van der Waals surface area contributed by atoms with Crippen LogP contribution in [0.4, 0.5) is 10.7 Å². The van der Waals surface area contributed by atoms with Crippen molar-refractivity contribution >= 4 is 57.9 Å². The van der Waals surface area contributed by atoms with Crippen LogP contribution >= 0.6 is 35.3 Å². The van der Waals surface area contributed by atoms with Gasteiger partial charge in [0.2, 0.25) is 0 Å². The van der Waals surface area contributed by atoms with E-state index in [1.165, 1.54) is 5.00 Å². The molecule has 1 aromatic heterocycles. The van der Waals surface area contributed by atoms with Crippen molar-refractivity contribution in [3.05, 3.63) is 41.8 Å². The van der Waals surface area contributed by atoms with Crippen molar-refractivity contribution in [1.29, 1.82) is 0 Å². The minimum Gasteiger partial charge on any atom is -0.482 e. The summed E-state index contributed by atoms with van der Waals surface area (Å²) < 4.78 is 5.50. The molecule has 1 fully saturated rings. The van der Waals surface area contributed by atoms with Gasteiger partial charge in [-0.25, -0.2) is 0 Å². The van der Waals surface area contributed by atoms with Crippen LogP contribution in [0.2, 0.25) is 0 Å². The molecule has 0 aliphatic carbocycles. The van der Waals surface area contributed by atoms with Gasteiger partial charge in [-0.3, -0.25) is 9.79 Å². The maximum absolute atomic E-state index is 12.3. The van der Waals surface area contributed by atoms with Crippen molar-refractivity contribution in [2.75, 3.05) is 49.6 Å². The number of piperidine rings is 1. The molecule has 1 saturated heterocycles. The van der Waals surface area contributed by atoms with Gasteiger partial charge in [0, 0.05) is 39.3 Å². The van der Waals surface area contributed by atoms with Crippen LogP contribution in [0.5, 0.6) is 5.75 Å². The molecular weight excluding hydrogens is 525 g/mol. The van der Waals surface area contributed by atoms with E-state index in [9.17, 15) is 4.79 Å².